The zero-order chi connectivity index (χ0) is 13.3. The van der Waals surface area contributed by atoms with Gasteiger partial charge in [0.15, 0.2) is 0 Å². The predicted molar refractivity (Wildman–Crippen MR) is 80.4 cm³/mol. The molecule has 3 heteroatoms. The lowest BCUT2D eigenvalue weighted by Crippen LogP contribution is -2.31. The van der Waals surface area contributed by atoms with Crippen molar-refractivity contribution in [1.82, 2.24) is 10.2 Å². The van der Waals surface area contributed by atoms with Gasteiger partial charge in [-0.05, 0) is 62.4 Å². The number of hydrogen-bond acceptors (Lipinski definition) is 2. The van der Waals surface area contributed by atoms with Crippen LogP contribution in [0.4, 0.5) is 0 Å². The van der Waals surface area contributed by atoms with Crippen LogP contribution in [0.1, 0.15) is 24.8 Å². The molecular formula is C16H23ClN2. The van der Waals surface area contributed by atoms with Crippen molar-refractivity contribution in [2.75, 3.05) is 26.7 Å². The largest absolute Gasteiger partial charge is 0.317 e. The molecule has 1 atom stereocenters. The number of benzene rings is 1. The van der Waals surface area contributed by atoms with Crippen LogP contribution in [0.2, 0.25) is 5.02 Å². The summed E-state index contributed by atoms with van der Waals surface area (Å²) in [5.41, 5.74) is 1.92. The van der Waals surface area contributed by atoms with Crippen molar-refractivity contribution in [2.45, 2.75) is 25.8 Å². The first kappa shape index (κ1) is 13.4. The number of hydrogen-bond donors (Lipinski definition) is 1. The molecule has 1 aromatic carbocycles. The lowest BCUT2D eigenvalue weighted by molar-refractivity contribution is 0.257. The van der Waals surface area contributed by atoms with Crippen LogP contribution in [-0.2, 0) is 6.54 Å². The summed E-state index contributed by atoms with van der Waals surface area (Å²) < 4.78 is 0. The smallest absolute Gasteiger partial charge is 0.0451 e. The summed E-state index contributed by atoms with van der Waals surface area (Å²) >= 11 is 6.23. The molecule has 19 heavy (non-hydrogen) atoms. The van der Waals surface area contributed by atoms with E-state index in [4.69, 9.17) is 11.6 Å². The van der Waals surface area contributed by atoms with E-state index in [1.54, 1.807) is 0 Å². The summed E-state index contributed by atoms with van der Waals surface area (Å²) in [4.78, 5) is 2.43. The number of halogens is 1. The zero-order valence-corrected chi connectivity index (χ0v) is 12.4. The Morgan fingerprint density at radius 3 is 2.79 bits per heavy atom. The fourth-order valence-electron chi connectivity index (χ4n) is 3.59. The van der Waals surface area contributed by atoms with Gasteiger partial charge in [-0.15, -0.1) is 0 Å². The van der Waals surface area contributed by atoms with Crippen LogP contribution in [-0.4, -0.2) is 31.6 Å². The maximum atomic E-state index is 6.23. The third-order valence-corrected chi connectivity index (χ3v) is 5.26. The first-order valence-corrected chi connectivity index (χ1v) is 7.70. The Bertz CT molecular complexity index is 440. The highest BCUT2D eigenvalue weighted by Gasteiger charge is 2.53. The highest BCUT2D eigenvalue weighted by Crippen LogP contribution is 2.58. The predicted octanol–water partition coefficient (Wildman–Crippen LogP) is 3.16. The number of piperidine rings is 1. The Balaban J connectivity index is 1.53. The van der Waals surface area contributed by atoms with Crippen molar-refractivity contribution in [2.24, 2.45) is 11.3 Å². The van der Waals surface area contributed by atoms with Gasteiger partial charge in [-0.2, -0.15) is 0 Å². The molecule has 1 aliphatic carbocycles. The van der Waals surface area contributed by atoms with Gasteiger partial charge in [0.1, 0.15) is 0 Å². The van der Waals surface area contributed by atoms with Gasteiger partial charge >= 0.3 is 0 Å². The summed E-state index contributed by atoms with van der Waals surface area (Å²) in [6, 6.07) is 8.18. The molecule has 0 radical (unpaired) electrons. The fourth-order valence-corrected chi connectivity index (χ4v) is 3.78. The Morgan fingerprint density at radius 2 is 2.05 bits per heavy atom. The summed E-state index contributed by atoms with van der Waals surface area (Å²) in [6.07, 6.45) is 4.18. The molecule has 1 unspecified atom stereocenters. The van der Waals surface area contributed by atoms with Gasteiger partial charge in [-0.3, -0.25) is 0 Å². The summed E-state index contributed by atoms with van der Waals surface area (Å²) in [5.74, 6) is 0.905. The van der Waals surface area contributed by atoms with Crippen molar-refractivity contribution in [3.05, 3.63) is 34.9 Å². The Hall–Kier alpha value is -0.570. The molecule has 3 rings (SSSR count). The molecule has 2 fully saturated rings. The number of rotatable bonds is 4. The first-order valence-electron chi connectivity index (χ1n) is 7.32. The quantitative estimate of drug-likeness (QED) is 0.910. The van der Waals surface area contributed by atoms with E-state index >= 15 is 0 Å². The van der Waals surface area contributed by atoms with Crippen molar-refractivity contribution >= 4 is 11.6 Å². The average Bonchev–Trinajstić information content (AvgIpc) is 3.04. The number of nitrogens with one attached hydrogen (secondary N) is 1. The van der Waals surface area contributed by atoms with Gasteiger partial charge in [0.05, 0.1) is 0 Å². The minimum absolute atomic E-state index is 0.681. The van der Waals surface area contributed by atoms with Gasteiger partial charge in [0.2, 0.25) is 0 Å². The lowest BCUT2D eigenvalue weighted by Gasteiger charge is -2.25. The van der Waals surface area contributed by atoms with E-state index in [0.717, 1.165) is 17.5 Å². The molecule has 1 aromatic rings. The molecule has 0 bridgehead atoms. The molecule has 0 aromatic heterocycles. The van der Waals surface area contributed by atoms with Crippen molar-refractivity contribution in [3.8, 4) is 0 Å². The van der Waals surface area contributed by atoms with Gasteiger partial charge in [0.25, 0.3) is 0 Å². The summed E-state index contributed by atoms with van der Waals surface area (Å²) in [7, 11) is 2.22. The summed E-state index contributed by atoms with van der Waals surface area (Å²) in [6.45, 7) is 4.60. The normalized spacial score (nSPS) is 24.9. The van der Waals surface area contributed by atoms with Crippen molar-refractivity contribution in [3.63, 3.8) is 0 Å². The van der Waals surface area contributed by atoms with Crippen LogP contribution in [0.3, 0.4) is 0 Å². The first-order chi connectivity index (χ1) is 9.20. The van der Waals surface area contributed by atoms with E-state index in [2.05, 4.69) is 29.4 Å². The van der Waals surface area contributed by atoms with Crippen LogP contribution in [0.15, 0.2) is 24.3 Å². The van der Waals surface area contributed by atoms with E-state index in [1.165, 1.54) is 44.5 Å². The molecule has 0 amide bonds. The summed E-state index contributed by atoms with van der Waals surface area (Å²) in [5, 5.41) is 4.36. The second-order valence-electron chi connectivity index (χ2n) is 6.30. The maximum Gasteiger partial charge on any atom is 0.0451 e. The molecule has 1 spiro atoms. The Kier molecular flexibility index (Phi) is 3.84. The van der Waals surface area contributed by atoms with Crippen LogP contribution < -0.4 is 5.32 Å². The van der Waals surface area contributed by atoms with Crippen molar-refractivity contribution < 1.29 is 0 Å². The highest BCUT2D eigenvalue weighted by atomic mass is 35.5. The van der Waals surface area contributed by atoms with Gasteiger partial charge < -0.3 is 10.2 Å². The topological polar surface area (TPSA) is 15.3 Å². The zero-order valence-electron chi connectivity index (χ0n) is 11.7. The average molecular weight is 279 g/mol. The minimum Gasteiger partial charge on any atom is -0.317 e. The van der Waals surface area contributed by atoms with Crippen molar-refractivity contribution in [1.29, 1.82) is 0 Å². The second-order valence-corrected chi connectivity index (χ2v) is 6.71. The van der Waals surface area contributed by atoms with E-state index in [-0.39, 0.29) is 0 Å². The Morgan fingerprint density at radius 1 is 1.32 bits per heavy atom. The van der Waals surface area contributed by atoms with E-state index in [1.807, 2.05) is 12.1 Å². The molecule has 104 valence electrons. The van der Waals surface area contributed by atoms with Gasteiger partial charge in [0, 0.05) is 18.1 Å². The molecule has 2 nitrogen and oxygen atoms in total. The molecule has 1 saturated heterocycles. The van der Waals surface area contributed by atoms with Gasteiger partial charge in [-0.25, -0.2) is 0 Å². The van der Waals surface area contributed by atoms with Crippen LogP contribution >= 0.6 is 11.6 Å². The maximum absolute atomic E-state index is 6.23. The third kappa shape index (κ3) is 2.96. The molecule has 1 heterocycles. The number of nitrogens with zero attached hydrogens (tertiary/aromatic N) is 1. The fraction of sp³-hybridized carbons (Fsp3) is 0.625. The molecule has 2 aliphatic rings. The van der Waals surface area contributed by atoms with Crippen LogP contribution in [0, 0.1) is 11.3 Å². The van der Waals surface area contributed by atoms with Crippen LogP contribution in [0.25, 0.3) is 0 Å². The minimum atomic E-state index is 0.681. The second kappa shape index (κ2) is 5.43. The van der Waals surface area contributed by atoms with E-state index in [0.29, 0.717) is 5.41 Å². The third-order valence-electron chi connectivity index (χ3n) is 4.89. The lowest BCUT2D eigenvalue weighted by atomic mass is 9.92. The van der Waals surface area contributed by atoms with Crippen LogP contribution in [0.5, 0.6) is 0 Å². The molecule has 1 aliphatic heterocycles. The van der Waals surface area contributed by atoms with Gasteiger partial charge in [-0.1, -0.05) is 29.8 Å². The molecule has 1 saturated carbocycles. The molecular weight excluding hydrogens is 256 g/mol. The monoisotopic (exact) mass is 278 g/mol. The SMILES string of the molecule is CN(Cc1ccccc1Cl)CC1CC12CCNCC2. The van der Waals surface area contributed by atoms with E-state index in [9.17, 15) is 0 Å². The Labute approximate surface area is 121 Å². The highest BCUT2D eigenvalue weighted by molar-refractivity contribution is 6.31. The molecule has 1 N–H and O–H groups in total. The standard InChI is InChI=1S/C16H23ClN2/c1-19(11-13-4-2-3-5-15(13)17)12-14-10-16(14)6-8-18-9-7-16/h2-5,14,18H,6-12H2,1H3. The van der Waals surface area contributed by atoms with E-state index < -0.39 is 0 Å².